The van der Waals surface area contributed by atoms with E-state index in [2.05, 4.69) is 33.9 Å². The molecule has 9 heteroatoms. The van der Waals surface area contributed by atoms with Crippen LogP contribution >= 0.6 is 0 Å². The van der Waals surface area contributed by atoms with Gasteiger partial charge < -0.3 is 28.5 Å². The van der Waals surface area contributed by atoms with E-state index in [0.29, 0.717) is 67.6 Å². The van der Waals surface area contributed by atoms with Gasteiger partial charge in [-0.15, -0.1) is 0 Å². The number of aliphatic carboxylic acids is 1. The fourth-order valence-corrected chi connectivity index (χ4v) is 4.92. The molecule has 0 amide bonds. The van der Waals surface area contributed by atoms with Gasteiger partial charge in [-0.3, -0.25) is 4.79 Å². The molecule has 0 aromatic heterocycles. The van der Waals surface area contributed by atoms with Crippen molar-refractivity contribution < 1.29 is 38.1 Å². The van der Waals surface area contributed by atoms with Gasteiger partial charge in [0, 0.05) is 31.1 Å². The Morgan fingerprint density at radius 1 is 0.721 bits per heavy atom. The van der Waals surface area contributed by atoms with E-state index in [4.69, 9.17) is 28.5 Å². The summed E-state index contributed by atoms with van der Waals surface area (Å²) >= 11 is 0. The van der Waals surface area contributed by atoms with Crippen LogP contribution in [0, 0.1) is 0 Å². The van der Waals surface area contributed by atoms with Crippen molar-refractivity contribution in [2.45, 2.75) is 57.8 Å². The van der Waals surface area contributed by atoms with Crippen molar-refractivity contribution in [2.75, 3.05) is 33.5 Å². The van der Waals surface area contributed by atoms with Crippen LogP contribution in [-0.2, 0) is 20.4 Å². The van der Waals surface area contributed by atoms with Crippen LogP contribution in [0.4, 0.5) is 0 Å². The maximum Gasteiger partial charge on any atom is 0.333 e. The zero-order valence-corrected chi connectivity index (χ0v) is 27.1. The summed E-state index contributed by atoms with van der Waals surface area (Å²) in [5.74, 6) is 1.02. The Kier molecular flexibility index (Phi) is 12.4. The molecule has 43 heavy (non-hydrogen) atoms. The number of rotatable bonds is 17. The summed E-state index contributed by atoms with van der Waals surface area (Å²) in [5.41, 5.74) is 2.02. The third-order valence-electron chi connectivity index (χ3n) is 7.58. The van der Waals surface area contributed by atoms with Gasteiger partial charge >= 0.3 is 5.97 Å². The quantitative estimate of drug-likeness (QED) is 0.101. The molecule has 0 unspecified atom stereocenters. The van der Waals surface area contributed by atoms with Gasteiger partial charge in [0.25, 0.3) is 0 Å². The van der Waals surface area contributed by atoms with Crippen molar-refractivity contribution in [1.82, 2.24) is 0 Å². The van der Waals surface area contributed by atoms with E-state index in [1.54, 1.807) is 36.4 Å². The highest BCUT2D eigenvalue weighted by Crippen LogP contribution is 2.36. The first kappa shape index (κ1) is 33.8. The third-order valence-corrected chi connectivity index (χ3v) is 12.1. The molecule has 0 spiro atoms. The van der Waals surface area contributed by atoms with Crippen LogP contribution in [0.15, 0.2) is 72.8 Å². The highest BCUT2D eigenvalue weighted by atomic mass is 28.4. The molecule has 3 rings (SSSR count). The Bertz CT molecular complexity index is 1300. The number of ether oxygens (including phenoxy) is 4. The molecule has 0 aliphatic carbocycles. The smallest absolute Gasteiger partial charge is 0.333 e. The molecule has 0 radical (unpaired) electrons. The number of carboxylic acids is 1. The second-order valence-electron chi connectivity index (χ2n) is 11.8. The first-order valence-corrected chi connectivity index (χ1v) is 17.4. The van der Waals surface area contributed by atoms with E-state index >= 15 is 0 Å². The molecule has 0 aliphatic heterocycles. The number of carbonyl (C=O) groups excluding carboxylic acids is 1. The predicted molar refractivity (Wildman–Crippen MR) is 169 cm³/mol. The number of hydrogen-bond donors (Lipinski definition) is 1. The van der Waals surface area contributed by atoms with Crippen LogP contribution in [0.3, 0.4) is 0 Å². The van der Waals surface area contributed by atoms with Crippen LogP contribution < -0.4 is 14.2 Å². The van der Waals surface area contributed by atoms with E-state index in [1.807, 2.05) is 36.4 Å². The monoisotopic (exact) mass is 608 g/mol. The Morgan fingerprint density at radius 3 is 1.58 bits per heavy atom. The van der Waals surface area contributed by atoms with E-state index in [-0.39, 0.29) is 10.8 Å². The minimum atomic E-state index is -1.80. The largest absolute Gasteiger partial charge is 0.493 e. The first-order valence-electron chi connectivity index (χ1n) is 14.5. The van der Waals surface area contributed by atoms with Crippen LogP contribution in [0.2, 0.25) is 18.1 Å². The van der Waals surface area contributed by atoms with Gasteiger partial charge in [0.2, 0.25) is 0 Å². The summed E-state index contributed by atoms with van der Waals surface area (Å²) in [7, 11) is -0.411. The highest BCUT2D eigenvalue weighted by molar-refractivity contribution is 6.74. The molecule has 0 saturated carbocycles. The summed E-state index contributed by atoms with van der Waals surface area (Å²) in [6.45, 7) is 13.0. The van der Waals surface area contributed by atoms with Gasteiger partial charge in [-0.2, -0.15) is 0 Å². The van der Waals surface area contributed by atoms with Crippen molar-refractivity contribution in [3.63, 3.8) is 0 Å². The van der Waals surface area contributed by atoms with E-state index in [9.17, 15) is 9.59 Å². The molecule has 3 aromatic rings. The second-order valence-corrected chi connectivity index (χ2v) is 16.6. The maximum atomic E-state index is 12.9. The zero-order valence-electron chi connectivity index (χ0n) is 26.1. The molecule has 3 aromatic carbocycles. The van der Waals surface area contributed by atoms with Crippen LogP contribution in [0.5, 0.6) is 17.2 Å². The Hall–Kier alpha value is -3.66. The summed E-state index contributed by atoms with van der Waals surface area (Å²) in [6.07, 6.45) is 0.0930. The molecule has 0 fully saturated rings. The van der Waals surface area contributed by atoms with Crippen molar-refractivity contribution in [1.29, 1.82) is 0 Å². The molecule has 0 bridgehead atoms. The lowest BCUT2D eigenvalue weighted by Gasteiger charge is -2.36. The molecule has 1 N–H and O–H groups in total. The van der Waals surface area contributed by atoms with Crippen molar-refractivity contribution in [2.24, 2.45) is 0 Å². The molecular formula is C34H44O8Si. The first-order chi connectivity index (χ1) is 20.4. The van der Waals surface area contributed by atoms with Crippen LogP contribution in [0.25, 0.3) is 0 Å². The lowest BCUT2D eigenvalue weighted by molar-refractivity contribution is -0.148. The van der Waals surface area contributed by atoms with Crippen molar-refractivity contribution >= 4 is 20.1 Å². The summed E-state index contributed by atoms with van der Waals surface area (Å²) in [4.78, 5) is 24.1. The summed E-state index contributed by atoms with van der Waals surface area (Å²) in [5, 5.41) is 9.27. The van der Waals surface area contributed by atoms with Crippen molar-refractivity contribution in [3.8, 4) is 17.2 Å². The fraction of sp³-hybridized carbons (Fsp3) is 0.412. The number of carboxylic acid groups (broad SMARTS) is 1. The number of ketones is 1. The molecule has 0 saturated heterocycles. The van der Waals surface area contributed by atoms with E-state index in [1.165, 1.54) is 7.11 Å². The van der Waals surface area contributed by atoms with E-state index < -0.39 is 20.4 Å². The standard InChI is InChI=1S/C34H44O8Si/c1-34(2,3)43(5,6)42-23-22-41-30-18-12-27(13-19-30)32(35)26-10-16-29(17-11-26)40-21-7-20-39-28-14-8-25(9-15-28)24-31(38-4)33(36)37/h8-19,31H,7,20-24H2,1-6H3,(H,36,37)/t31-/m0/s1. The second kappa shape index (κ2) is 15.7. The van der Waals surface area contributed by atoms with Gasteiger partial charge in [-0.1, -0.05) is 32.9 Å². The Morgan fingerprint density at radius 2 is 1.16 bits per heavy atom. The summed E-state index contributed by atoms with van der Waals surface area (Å²) in [6, 6.07) is 21.6. The summed E-state index contributed by atoms with van der Waals surface area (Å²) < 4.78 is 28.5. The average molecular weight is 609 g/mol. The van der Waals surface area contributed by atoms with Gasteiger partial charge in [0.1, 0.15) is 23.9 Å². The van der Waals surface area contributed by atoms with Gasteiger partial charge in [-0.25, -0.2) is 4.79 Å². The average Bonchev–Trinajstić information content (AvgIpc) is 2.98. The molecule has 8 nitrogen and oxygen atoms in total. The normalized spacial score (nSPS) is 12.4. The van der Waals surface area contributed by atoms with Crippen molar-refractivity contribution in [3.05, 3.63) is 89.5 Å². The topological polar surface area (TPSA) is 101 Å². The van der Waals surface area contributed by atoms with Gasteiger partial charge in [0.05, 0.1) is 19.8 Å². The predicted octanol–water partition coefficient (Wildman–Crippen LogP) is 6.81. The molecule has 0 heterocycles. The molecule has 232 valence electrons. The maximum absolute atomic E-state index is 12.9. The molecular weight excluding hydrogens is 564 g/mol. The SMILES string of the molecule is CO[C@@H](Cc1ccc(OCCCOc2ccc(C(=O)c3ccc(OCCO[Si](C)(C)C(C)(C)C)cc3)cc2)cc1)C(=O)O. The van der Waals surface area contributed by atoms with Crippen LogP contribution in [-0.4, -0.2) is 64.8 Å². The molecule has 1 atom stereocenters. The highest BCUT2D eigenvalue weighted by Gasteiger charge is 2.36. The lowest BCUT2D eigenvalue weighted by Crippen LogP contribution is -2.41. The number of methoxy groups -OCH3 is 1. The third kappa shape index (κ3) is 10.5. The van der Waals surface area contributed by atoms with E-state index in [0.717, 1.165) is 5.56 Å². The Labute approximate surface area is 256 Å². The number of hydrogen-bond acceptors (Lipinski definition) is 7. The minimum absolute atomic E-state index is 0.0699. The van der Waals surface area contributed by atoms with Gasteiger partial charge in [0.15, 0.2) is 20.2 Å². The minimum Gasteiger partial charge on any atom is -0.493 e. The Balaban J connectivity index is 1.37. The fourth-order valence-electron chi connectivity index (χ4n) is 3.89. The zero-order chi connectivity index (χ0) is 31.5. The van der Waals surface area contributed by atoms with Gasteiger partial charge in [-0.05, 0) is 84.4 Å². The lowest BCUT2D eigenvalue weighted by atomic mass is 10.0. The molecule has 0 aliphatic rings. The number of carbonyl (C=O) groups is 2. The van der Waals surface area contributed by atoms with Crippen LogP contribution in [0.1, 0.15) is 48.7 Å². The number of benzene rings is 3.